The van der Waals surface area contributed by atoms with Crippen molar-refractivity contribution in [2.45, 2.75) is 44.6 Å². The average Bonchev–Trinajstić information content (AvgIpc) is 2.31. The van der Waals surface area contributed by atoms with Gasteiger partial charge in [0.15, 0.2) is 0 Å². The van der Waals surface area contributed by atoms with E-state index in [1.54, 1.807) is 0 Å². The third kappa shape index (κ3) is 5.34. The van der Waals surface area contributed by atoms with Crippen LogP contribution in [0.1, 0.15) is 39.0 Å². The minimum atomic E-state index is -0.586. The van der Waals surface area contributed by atoms with Gasteiger partial charge in [-0.25, -0.2) is 0 Å². The van der Waals surface area contributed by atoms with Gasteiger partial charge in [0.1, 0.15) is 0 Å². The minimum Gasteiger partial charge on any atom is -0.396 e. The van der Waals surface area contributed by atoms with Crippen LogP contribution in [0.25, 0.3) is 0 Å². The van der Waals surface area contributed by atoms with Crippen LogP contribution >= 0.6 is 0 Å². The Morgan fingerprint density at radius 2 is 1.76 bits per heavy atom. The Hall–Kier alpha value is -0.160. The molecule has 1 fully saturated rings. The summed E-state index contributed by atoms with van der Waals surface area (Å²) in [5.74, 6) is 0.721. The van der Waals surface area contributed by atoms with Crippen LogP contribution in [0, 0.1) is 5.92 Å². The molecular weight excluding hydrogens is 218 g/mol. The smallest absolute Gasteiger partial charge is 0.0774 e. The van der Waals surface area contributed by atoms with Gasteiger partial charge in [-0.05, 0) is 38.0 Å². The molecule has 0 aromatic heterocycles. The van der Waals surface area contributed by atoms with E-state index in [4.69, 9.17) is 10.2 Å². The number of aliphatic hydroxyl groups excluding tert-OH is 2. The van der Waals surface area contributed by atoms with E-state index in [0.717, 1.165) is 38.1 Å². The predicted molar refractivity (Wildman–Crippen MR) is 67.8 cm³/mol. The van der Waals surface area contributed by atoms with Gasteiger partial charge in [-0.1, -0.05) is 6.92 Å². The second kappa shape index (κ2) is 7.31. The first kappa shape index (κ1) is 14.9. The van der Waals surface area contributed by atoms with E-state index >= 15 is 0 Å². The Kier molecular flexibility index (Phi) is 6.41. The molecule has 0 aromatic carbocycles. The summed E-state index contributed by atoms with van der Waals surface area (Å²) >= 11 is 0. The van der Waals surface area contributed by atoms with Crippen molar-refractivity contribution in [3.8, 4) is 0 Å². The van der Waals surface area contributed by atoms with Crippen LogP contribution in [0.5, 0.6) is 0 Å². The quantitative estimate of drug-likeness (QED) is 0.615. The van der Waals surface area contributed by atoms with Crippen LogP contribution in [0.3, 0.4) is 0 Å². The molecule has 0 bridgehead atoms. The maximum absolute atomic E-state index is 10.5. The van der Waals surface area contributed by atoms with Crippen LogP contribution in [-0.2, 0) is 0 Å². The number of aliphatic hydroxyl groups is 3. The number of rotatable bonds is 7. The van der Waals surface area contributed by atoms with Crippen LogP contribution in [0.15, 0.2) is 0 Å². The van der Waals surface area contributed by atoms with Gasteiger partial charge in [0.2, 0.25) is 0 Å². The monoisotopic (exact) mass is 245 g/mol. The van der Waals surface area contributed by atoms with Crippen LogP contribution in [-0.4, -0.2) is 58.7 Å². The molecule has 1 aliphatic rings. The van der Waals surface area contributed by atoms with Gasteiger partial charge in [-0.3, -0.25) is 4.90 Å². The molecule has 1 aliphatic carbocycles. The Labute approximate surface area is 104 Å². The van der Waals surface area contributed by atoms with Crippen molar-refractivity contribution >= 4 is 0 Å². The van der Waals surface area contributed by atoms with E-state index in [2.05, 4.69) is 11.8 Å². The number of hydrogen-bond acceptors (Lipinski definition) is 4. The zero-order valence-electron chi connectivity index (χ0n) is 10.9. The predicted octanol–water partition coefficient (Wildman–Crippen LogP) is 0.604. The molecule has 0 amide bonds. The molecule has 0 radical (unpaired) electrons. The fourth-order valence-electron chi connectivity index (χ4n) is 2.58. The summed E-state index contributed by atoms with van der Waals surface area (Å²) < 4.78 is 0. The molecule has 1 saturated carbocycles. The molecule has 0 aromatic rings. The molecule has 0 atom stereocenters. The van der Waals surface area contributed by atoms with Gasteiger partial charge < -0.3 is 15.3 Å². The summed E-state index contributed by atoms with van der Waals surface area (Å²) in [4.78, 5) is 2.06. The van der Waals surface area contributed by atoms with Crippen molar-refractivity contribution in [1.29, 1.82) is 0 Å². The zero-order valence-corrected chi connectivity index (χ0v) is 10.9. The molecular formula is C13H27NO3. The molecule has 102 valence electrons. The Bertz CT molecular complexity index is 203. The Morgan fingerprint density at radius 1 is 1.12 bits per heavy atom. The van der Waals surface area contributed by atoms with Crippen LogP contribution in [0.4, 0.5) is 0 Å². The summed E-state index contributed by atoms with van der Waals surface area (Å²) in [6.45, 7) is 4.46. The van der Waals surface area contributed by atoms with Crippen molar-refractivity contribution in [3.63, 3.8) is 0 Å². The molecule has 0 aliphatic heterocycles. The van der Waals surface area contributed by atoms with Gasteiger partial charge in [-0.2, -0.15) is 0 Å². The van der Waals surface area contributed by atoms with Gasteiger partial charge >= 0.3 is 0 Å². The normalized spacial score (nSPS) is 29.8. The first-order valence-electron chi connectivity index (χ1n) is 6.76. The average molecular weight is 245 g/mol. The van der Waals surface area contributed by atoms with Gasteiger partial charge in [-0.15, -0.1) is 0 Å². The first-order valence-corrected chi connectivity index (χ1v) is 6.76. The highest BCUT2D eigenvalue weighted by Gasteiger charge is 2.33. The SMILES string of the molecule is CC1CCC(O)(CN(CCO)CCCO)CC1. The summed E-state index contributed by atoms with van der Waals surface area (Å²) in [7, 11) is 0. The van der Waals surface area contributed by atoms with E-state index in [-0.39, 0.29) is 13.2 Å². The molecule has 0 saturated heterocycles. The number of nitrogens with zero attached hydrogens (tertiary/aromatic N) is 1. The van der Waals surface area contributed by atoms with Gasteiger partial charge in [0, 0.05) is 26.2 Å². The molecule has 4 heteroatoms. The van der Waals surface area contributed by atoms with Crippen molar-refractivity contribution in [3.05, 3.63) is 0 Å². The Balaban J connectivity index is 2.41. The van der Waals surface area contributed by atoms with E-state index in [0.29, 0.717) is 19.5 Å². The molecule has 17 heavy (non-hydrogen) atoms. The summed E-state index contributed by atoms with van der Waals surface area (Å²) in [6.07, 6.45) is 4.59. The third-order valence-electron chi connectivity index (χ3n) is 3.77. The molecule has 3 N–H and O–H groups in total. The lowest BCUT2D eigenvalue weighted by molar-refractivity contribution is -0.0380. The maximum atomic E-state index is 10.5. The van der Waals surface area contributed by atoms with E-state index in [1.165, 1.54) is 0 Å². The first-order chi connectivity index (χ1) is 8.09. The lowest BCUT2D eigenvalue weighted by Crippen LogP contribution is -2.46. The lowest BCUT2D eigenvalue weighted by atomic mass is 9.79. The molecule has 0 spiro atoms. The van der Waals surface area contributed by atoms with Gasteiger partial charge in [0.25, 0.3) is 0 Å². The maximum Gasteiger partial charge on any atom is 0.0774 e. The fraction of sp³-hybridized carbons (Fsp3) is 1.00. The van der Waals surface area contributed by atoms with Crippen LogP contribution < -0.4 is 0 Å². The standard InChI is InChI=1S/C13H27NO3/c1-12-3-5-13(17,6-4-12)11-14(8-10-16)7-2-9-15/h12,15-17H,2-11H2,1H3. The molecule has 4 nitrogen and oxygen atoms in total. The molecule has 0 unspecified atom stereocenters. The largest absolute Gasteiger partial charge is 0.396 e. The fourth-order valence-corrected chi connectivity index (χ4v) is 2.58. The van der Waals surface area contributed by atoms with E-state index in [1.807, 2.05) is 0 Å². The highest BCUT2D eigenvalue weighted by molar-refractivity contribution is 4.87. The summed E-state index contributed by atoms with van der Waals surface area (Å²) in [6, 6.07) is 0. The van der Waals surface area contributed by atoms with E-state index < -0.39 is 5.60 Å². The van der Waals surface area contributed by atoms with Crippen molar-refractivity contribution < 1.29 is 15.3 Å². The summed E-state index contributed by atoms with van der Waals surface area (Å²) in [5.41, 5.74) is -0.586. The van der Waals surface area contributed by atoms with Crippen LogP contribution in [0.2, 0.25) is 0 Å². The van der Waals surface area contributed by atoms with Gasteiger partial charge in [0.05, 0.1) is 12.2 Å². The number of hydrogen-bond donors (Lipinski definition) is 3. The zero-order chi connectivity index (χ0) is 12.7. The minimum absolute atomic E-state index is 0.109. The molecule has 0 heterocycles. The summed E-state index contributed by atoms with van der Waals surface area (Å²) in [5, 5.41) is 28.3. The van der Waals surface area contributed by atoms with Crippen molar-refractivity contribution in [2.24, 2.45) is 5.92 Å². The van der Waals surface area contributed by atoms with Crippen molar-refractivity contribution in [2.75, 3.05) is 32.8 Å². The second-order valence-electron chi connectivity index (χ2n) is 5.48. The highest BCUT2D eigenvalue weighted by atomic mass is 16.3. The highest BCUT2D eigenvalue weighted by Crippen LogP contribution is 2.32. The van der Waals surface area contributed by atoms with Crippen molar-refractivity contribution in [1.82, 2.24) is 4.90 Å². The lowest BCUT2D eigenvalue weighted by Gasteiger charge is -2.38. The topological polar surface area (TPSA) is 63.9 Å². The second-order valence-corrected chi connectivity index (χ2v) is 5.48. The Morgan fingerprint density at radius 3 is 2.29 bits per heavy atom. The molecule has 1 rings (SSSR count). The van der Waals surface area contributed by atoms with E-state index in [9.17, 15) is 5.11 Å². The third-order valence-corrected chi connectivity index (χ3v) is 3.77.